The monoisotopic (exact) mass is 280 g/mol. The molecular weight excluding hydrogens is 260 g/mol. The fraction of sp³-hybridized carbons (Fsp3) is 0.467. The maximum atomic E-state index is 10.5. The zero-order chi connectivity index (χ0) is 15.1. The summed E-state index contributed by atoms with van der Waals surface area (Å²) in [7, 11) is 0. The Morgan fingerprint density at radius 3 is 2.00 bits per heavy atom. The molecule has 3 rings (SSSR count). The molecule has 0 saturated carbocycles. The Kier molecular flexibility index (Phi) is 6.03. The van der Waals surface area contributed by atoms with Gasteiger partial charge in [-0.05, 0) is 30.0 Å². The van der Waals surface area contributed by atoms with E-state index in [-0.39, 0.29) is 12.3 Å². The van der Waals surface area contributed by atoms with E-state index in [4.69, 9.17) is 14.9 Å². The molecule has 2 heterocycles. The summed E-state index contributed by atoms with van der Waals surface area (Å²) in [4.78, 5) is 20.7. The summed E-state index contributed by atoms with van der Waals surface area (Å²) < 4.78 is 5.18. The van der Waals surface area contributed by atoms with Crippen LogP contribution < -0.4 is 4.74 Å². The zero-order valence-corrected chi connectivity index (χ0v) is 11.7. The molecule has 0 amide bonds. The maximum Gasteiger partial charge on any atom is 0.307 e. The minimum atomic E-state index is -1.05. The number of aliphatic carboxylic acids is 2. The van der Waals surface area contributed by atoms with Crippen LogP contribution in [0.1, 0.15) is 32.3 Å². The first kappa shape index (κ1) is 16.0. The van der Waals surface area contributed by atoms with E-state index in [1.165, 1.54) is 5.56 Å². The third-order valence-electron chi connectivity index (χ3n) is 2.86. The first-order valence-electron chi connectivity index (χ1n) is 6.54. The number of fused-ring (bicyclic) bond motifs is 3. The quantitative estimate of drug-likeness (QED) is 0.866. The summed E-state index contributed by atoms with van der Waals surface area (Å²) in [6.45, 7) is 4.51. The molecule has 2 bridgehead atoms. The van der Waals surface area contributed by atoms with Gasteiger partial charge in [-0.15, -0.1) is 0 Å². The van der Waals surface area contributed by atoms with Gasteiger partial charge >= 0.3 is 11.9 Å². The van der Waals surface area contributed by atoms with E-state index in [1.54, 1.807) is 0 Å². The predicted octanol–water partition coefficient (Wildman–Crippen LogP) is 2.79. The molecule has 1 aromatic carbocycles. The highest BCUT2D eigenvalue weighted by Crippen LogP contribution is 2.19. The number of hydrogen-bond donors (Lipinski definition) is 2. The van der Waals surface area contributed by atoms with Crippen molar-refractivity contribution in [3.05, 3.63) is 29.8 Å². The second kappa shape index (κ2) is 7.53. The highest BCUT2D eigenvalue weighted by molar-refractivity contribution is 5.77. The van der Waals surface area contributed by atoms with Gasteiger partial charge in [-0.1, -0.05) is 26.0 Å². The summed E-state index contributed by atoms with van der Waals surface area (Å²) in [6.07, 6.45) is 0.134. The number of carboxylic acids is 2. The smallest absolute Gasteiger partial charge is 0.307 e. The summed E-state index contributed by atoms with van der Waals surface area (Å²) in [6, 6.07) is 8.13. The maximum absolute atomic E-state index is 10.5. The van der Waals surface area contributed by atoms with Crippen molar-refractivity contribution in [2.45, 2.75) is 33.3 Å². The van der Waals surface area contributed by atoms with Crippen molar-refractivity contribution in [2.24, 2.45) is 11.8 Å². The SMILES string of the molecule is CC(C)CC(CC(=O)O)C(=O)O.c1cc2ccc1CO2. The Morgan fingerprint density at radius 2 is 1.80 bits per heavy atom. The lowest BCUT2D eigenvalue weighted by atomic mass is 9.94. The molecular formula is C15H20O5. The second-order valence-corrected chi connectivity index (χ2v) is 5.20. The minimum absolute atomic E-state index is 0.213. The van der Waals surface area contributed by atoms with Crippen LogP contribution in [0.3, 0.4) is 0 Å². The number of carbonyl (C=O) groups is 2. The van der Waals surface area contributed by atoms with E-state index in [0.29, 0.717) is 6.42 Å². The third kappa shape index (κ3) is 5.73. The average molecular weight is 280 g/mol. The van der Waals surface area contributed by atoms with Crippen molar-refractivity contribution >= 4 is 11.9 Å². The zero-order valence-electron chi connectivity index (χ0n) is 11.7. The fourth-order valence-electron chi connectivity index (χ4n) is 1.90. The molecule has 2 aliphatic rings. The lowest BCUT2D eigenvalue weighted by Gasteiger charge is -2.11. The van der Waals surface area contributed by atoms with Crippen LogP contribution in [0.2, 0.25) is 0 Å². The first-order valence-corrected chi connectivity index (χ1v) is 6.54. The number of hydrogen-bond acceptors (Lipinski definition) is 3. The lowest BCUT2D eigenvalue weighted by Crippen LogP contribution is -2.19. The number of carboxylic acid groups (broad SMARTS) is 2. The van der Waals surface area contributed by atoms with Crippen molar-refractivity contribution in [3.63, 3.8) is 0 Å². The number of ether oxygens (including phenoxy) is 1. The van der Waals surface area contributed by atoms with Crippen LogP contribution in [0, 0.1) is 11.8 Å². The molecule has 0 saturated heterocycles. The lowest BCUT2D eigenvalue weighted by molar-refractivity contribution is -0.148. The Morgan fingerprint density at radius 1 is 1.20 bits per heavy atom. The van der Waals surface area contributed by atoms with Gasteiger partial charge in [-0.3, -0.25) is 9.59 Å². The van der Waals surface area contributed by atoms with Crippen molar-refractivity contribution in [3.8, 4) is 5.75 Å². The molecule has 0 radical (unpaired) electrons. The second-order valence-electron chi connectivity index (χ2n) is 5.20. The Balaban J connectivity index is 0.000000212. The first-order chi connectivity index (χ1) is 9.38. The Hall–Kier alpha value is -2.04. The third-order valence-corrected chi connectivity index (χ3v) is 2.86. The molecule has 2 aliphatic heterocycles. The van der Waals surface area contributed by atoms with Crippen molar-refractivity contribution in [2.75, 3.05) is 0 Å². The summed E-state index contributed by atoms with van der Waals surface area (Å²) in [5.74, 6) is -1.62. The fourth-order valence-corrected chi connectivity index (χ4v) is 1.90. The van der Waals surface area contributed by atoms with Gasteiger partial charge in [0.15, 0.2) is 0 Å². The van der Waals surface area contributed by atoms with E-state index in [0.717, 1.165) is 12.4 Å². The van der Waals surface area contributed by atoms with Gasteiger partial charge in [0.25, 0.3) is 0 Å². The van der Waals surface area contributed by atoms with Gasteiger partial charge in [0, 0.05) is 0 Å². The molecule has 0 spiro atoms. The van der Waals surface area contributed by atoms with E-state index in [2.05, 4.69) is 12.1 Å². The van der Waals surface area contributed by atoms with Crippen LogP contribution >= 0.6 is 0 Å². The minimum Gasteiger partial charge on any atom is -0.489 e. The van der Waals surface area contributed by atoms with Crippen LogP contribution in [0.5, 0.6) is 5.75 Å². The molecule has 1 atom stereocenters. The van der Waals surface area contributed by atoms with Gasteiger partial charge in [0.05, 0.1) is 12.3 Å². The molecule has 0 aliphatic carbocycles. The molecule has 1 unspecified atom stereocenters. The van der Waals surface area contributed by atoms with Gasteiger partial charge in [0.1, 0.15) is 12.4 Å². The topological polar surface area (TPSA) is 83.8 Å². The molecule has 2 N–H and O–H groups in total. The molecule has 1 aromatic rings. The largest absolute Gasteiger partial charge is 0.489 e. The van der Waals surface area contributed by atoms with Gasteiger partial charge in [0.2, 0.25) is 0 Å². The van der Waals surface area contributed by atoms with Gasteiger partial charge in [-0.2, -0.15) is 0 Å². The van der Waals surface area contributed by atoms with E-state index in [1.807, 2.05) is 26.0 Å². The number of rotatable bonds is 5. The van der Waals surface area contributed by atoms with Crippen molar-refractivity contribution < 1.29 is 24.5 Å². The Labute approximate surface area is 118 Å². The van der Waals surface area contributed by atoms with Crippen LogP contribution in [-0.4, -0.2) is 22.2 Å². The van der Waals surface area contributed by atoms with Crippen molar-refractivity contribution in [1.82, 2.24) is 0 Å². The molecule has 110 valence electrons. The highest BCUT2D eigenvalue weighted by Gasteiger charge is 2.21. The van der Waals surface area contributed by atoms with Gasteiger partial charge in [-0.25, -0.2) is 0 Å². The van der Waals surface area contributed by atoms with Crippen LogP contribution in [0.4, 0.5) is 0 Å². The van der Waals surface area contributed by atoms with Crippen LogP contribution in [0.25, 0.3) is 0 Å². The van der Waals surface area contributed by atoms with Crippen molar-refractivity contribution in [1.29, 1.82) is 0 Å². The number of benzene rings is 1. The van der Waals surface area contributed by atoms with Crippen LogP contribution in [0.15, 0.2) is 24.3 Å². The normalized spacial score (nSPS) is 13.2. The molecule has 20 heavy (non-hydrogen) atoms. The Bertz CT molecular complexity index is 427. The summed E-state index contributed by atoms with van der Waals surface area (Å²) in [5.41, 5.74) is 1.26. The average Bonchev–Trinajstić information content (AvgIpc) is 2.40. The van der Waals surface area contributed by atoms with Gasteiger partial charge < -0.3 is 14.9 Å². The molecule has 0 fully saturated rings. The predicted molar refractivity (Wildman–Crippen MR) is 73.6 cm³/mol. The highest BCUT2D eigenvalue weighted by atomic mass is 16.5. The summed E-state index contributed by atoms with van der Waals surface area (Å²) >= 11 is 0. The summed E-state index contributed by atoms with van der Waals surface area (Å²) in [5, 5.41) is 17.0. The van der Waals surface area contributed by atoms with Crippen LogP contribution in [-0.2, 0) is 16.2 Å². The van der Waals surface area contributed by atoms with E-state index < -0.39 is 17.9 Å². The standard InChI is InChI=1S/C8H14O4.C7H6O/c1-5(2)3-6(8(11)12)4-7(9)10;1-3-7-4-2-6(1)5-8-7/h5-6H,3-4H2,1-2H3,(H,9,10)(H,11,12);1-4H,5H2. The molecule has 5 nitrogen and oxygen atoms in total. The van der Waals surface area contributed by atoms with E-state index in [9.17, 15) is 9.59 Å². The molecule has 5 heteroatoms. The molecule has 0 aromatic heterocycles. The van der Waals surface area contributed by atoms with E-state index >= 15 is 0 Å².